The lowest BCUT2D eigenvalue weighted by Crippen LogP contribution is -2.42. The van der Waals surface area contributed by atoms with Crippen LogP contribution in [0.5, 0.6) is 17.2 Å². The van der Waals surface area contributed by atoms with Crippen molar-refractivity contribution in [3.63, 3.8) is 0 Å². The first kappa shape index (κ1) is 54.1. The van der Waals surface area contributed by atoms with Gasteiger partial charge >= 0.3 is 0 Å². The third-order valence-electron chi connectivity index (χ3n) is 15.3. The molecule has 1 aliphatic heterocycles. The molecule has 4 aromatic rings. The number of amides is 3. The maximum Gasteiger partial charge on any atom is 0.293 e. The summed E-state index contributed by atoms with van der Waals surface area (Å²) in [6.07, 6.45) is 9.05. The van der Waals surface area contributed by atoms with Crippen LogP contribution in [0.25, 0.3) is 10.9 Å². The van der Waals surface area contributed by atoms with E-state index in [-0.39, 0.29) is 48.0 Å². The number of ether oxygens (including phenoxy) is 5. The van der Waals surface area contributed by atoms with Crippen molar-refractivity contribution in [1.82, 2.24) is 30.1 Å². The number of aromatic nitrogens is 3. The molecule has 20 nitrogen and oxygen atoms in total. The van der Waals surface area contributed by atoms with Gasteiger partial charge in [-0.1, -0.05) is 29.7 Å². The summed E-state index contributed by atoms with van der Waals surface area (Å²) >= 11 is 6.57. The third-order valence-corrected chi connectivity index (χ3v) is 15.6. The third kappa shape index (κ3) is 12.6. The van der Waals surface area contributed by atoms with Gasteiger partial charge in [-0.3, -0.25) is 19.2 Å². The Morgan fingerprint density at radius 2 is 1.69 bits per heavy atom. The minimum atomic E-state index is -0.417. The number of hydrogen-bond acceptors (Lipinski definition) is 16. The molecule has 4 aliphatic rings. The molecule has 4 N–H and O–H groups in total. The summed E-state index contributed by atoms with van der Waals surface area (Å²) in [6, 6.07) is 11.0. The van der Waals surface area contributed by atoms with Crippen LogP contribution in [-0.2, 0) is 46.9 Å². The standard InChI is InChI=1S/C53H70ClN9O11/c1-53-15-12-39-38-9-7-37(64)27-34(38)6-8-40(39)41(53)10-11-45(53)60-74-32-47(66)56-16-20-70-22-24-72-25-23-71-21-19-61(3)50(67)33-13-17-63(18-14-33)52-57-30-42(54)49(59-52)58-36-26-35-28-44(73-31-46(65)55-2)51(68)62(4)48(35)43(29-36)69-5/h7,9,26-30,33,39-41,64H,6,8,10-25,31-32H2,1-5H3,(H,55,65)(H,56,66)(H,57,58,59)/b60-45+/t39?,40?,41?,53-/m0/s1. The predicted octanol–water partition coefficient (Wildman–Crippen LogP) is 5.33. The SMILES string of the molecule is CNC(=O)COc1cc2cc(Nc3nc(N4CCC(C(=O)N(C)CCOCCOCCOCCNC(=O)CO/N=C5\CCC6C7CCc8cc(O)ccc8C7CC[C@]56C)CC4)ncc3Cl)cc(OC)c2n(C)c1=O. The van der Waals surface area contributed by atoms with E-state index < -0.39 is 5.56 Å². The summed E-state index contributed by atoms with van der Waals surface area (Å²) in [5, 5.41) is 24.0. The number of carbonyl (C=O) groups is 3. The Balaban J connectivity index is 0.667. The number of nitrogens with zero attached hydrogens (tertiary/aromatic N) is 6. The van der Waals surface area contributed by atoms with Crippen LogP contribution in [0.1, 0.15) is 68.9 Å². The van der Waals surface area contributed by atoms with Crippen LogP contribution >= 0.6 is 11.6 Å². The number of halogens is 1. The molecule has 0 spiro atoms. The number of piperidine rings is 1. The van der Waals surface area contributed by atoms with Crippen LogP contribution in [0.2, 0.25) is 5.02 Å². The number of benzene rings is 2. The van der Waals surface area contributed by atoms with Crippen molar-refractivity contribution < 1.29 is 48.0 Å². The lowest BCUT2D eigenvalue weighted by molar-refractivity contribution is -0.135. The van der Waals surface area contributed by atoms with Gasteiger partial charge in [0.25, 0.3) is 17.4 Å². The van der Waals surface area contributed by atoms with Crippen LogP contribution < -0.4 is 35.9 Å². The zero-order chi connectivity index (χ0) is 52.4. The van der Waals surface area contributed by atoms with E-state index in [2.05, 4.69) is 39.1 Å². The fourth-order valence-corrected chi connectivity index (χ4v) is 11.5. The van der Waals surface area contributed by atoms with Crippen molar-refractivity contribution in [3.05, 3.63) is 69.1 Å². The minimum Gasteiger partial charge on any atom is -0.508 e. The summed E-state index contributed by atoms with van der Waals surface area (Å²) in [5.41, 5.74) is 4.47. The summed E-state index contributed by atoms with van der Waals surface area (Å²) in [4.78, 5) is 69.2. The Labute approximate surface area is 436 Å². The zero-order valence-electron chi connectivity index (χ0n) is 43.1. The van der Waals surface area contributed by atoms with Gasteiger partial charge in [-0.05, 0) is 105 Å². The normalized spacial score (nSPS) is 20.9. The van der Waals surface area contributed by atoms with Gasteiger partial charge < -0.3 is 63.9 Å². The quantitative estimate of drug-likeness (QED) is 0.0544. The Morgan fingerprint density at radius 3 is 2.45 bits per heavy atom. The van der Waals surface area contributed by atoms with Gasteiger partial charge in [0.1, 0.15) is 16.5 Å². The Bertz CT molecular complexity index is 2730. The molecule has 3 unspecified atom stereocenters. The van der Waals surface area contributed by atoms with Crippen molar-refractivity contribution >= 4 is 63.4 Å². The number of anilines is 3. The van der Waals surface area contributed by atoms with E-state index in [0.717, 1.165) is 44.2 Å². The van der Waals surface area contributed by atoms with Gasteiger partial charge in [-0.25, -0.2) is 4.98 Å². The molecule has 3 heterocycles. The lowest BCUT2D eigenvalue weighted by Gasteiger charge is -2.49. The van der Waals surface area contributed by atoms with E-state index in [4.69, 9.17) is 45.1 Å². The average Bonchev–Trinajstić information content (AvgIpc) is 3.75. The van der Waals surface area contributed by atoms with Gasteiger partial charge in [0.2, 0.25) is 11.9 Å². The average molecular weight is 1040 g/mol. The van der Waals surface area contributed by atoms with E-state index in [1.165, 1.54) is 36.0 Å². The molecule has 0 bridgehead atoms. The van der Waals surface area contributed by atoms with Crippen molar-refractivity contribution in [2.75, 3.05) is 110 Å². The first-order valence-corrected chi connectivity index (χ1v) is 26.0. The molecule has 1 saturated heterocycles. The van der Waals surface area contributed by atoms with Crippen molar-refractivity contribution in [2.24, 2.45) is 35.4 Å². The molecule has 2 saturated carbocycles. The number of aryl methyl sites for hydroxylation is 2. The van der Waals surface area contributed by atoms with Crippen LogP contribution in [0, 0.1) is 23.2 Å². The number of pyridine rings is 1. The van der Waals surface area contributed by atoms with Crippen LogP contribution in [0.3, 0.4) is 0 Å². The van der Waals surface area contributed by atoms with E-state index in [1.54, 1.807) is 37.2 Å². The van der Waals surface area contributed by atoms with Gasteiger partial charge in [0.05, 0.1) is 64.2 Å². The number of likely N-dealkylation sites (N-methyl/N-ethyl adjacent to an activating group) is 2. The Hall–Kier alpha value is -6.22. The summed E-state index contributed by atoms with van der Waals surface area (Å²) in [7, 11) is 6.38. The number of fused-ring (bicyclic) bond motifs is 6. The second-order valence-corrected chi connectivity index (χ2v) is 20.2. The second kappa shape index (κ2) is 24.9. The smallest absolute Gasteiger partial charge is 0.293 e. The number of methoxy groups -OCH3 is 1. The van der Waals surface area contributed by atoms with Gasteiger partial charge in [-0.2, -0.15) is 4.98 Å². The molecular weight excluding hydrogens is 974 g/mol. The molecule has 3 aliphatic carbocycles. The first-order chi connectivity index (χ1) is 35.8. The molecule has 3 amide bonds. The fraction of sp³-hybridized carbons (Fsp3) is 0.566. The maximum absolute atomic E-state index is 13.4. The highest BCUT2D eigenvalue weighted by Gasteiger charge is 2.54. The summed E-state index contributed by atoms with van der Waals surface area (Å²) < 4.78 is 29.6. The number of hydrogen-bond donors (Lipinski definition) is 4. The highest BCUT2D eigenvalue weighted by Crippen LogP contribution is 2.60. The van der Waals surface area contributed by atoms with Gasteiger partial charge in [0, 0.05) is 75.8 Å². The topological polar surface area (TPSA) is 230 Å². The van der Waals surface area contributed by atoms with Crippen molar-refractivity contribution in [2.45, 2.75) is 64.2 Å². The zero-order valence-corrected chi connectivity index (χ0v) is 43.8. The molecule has 8 rings (SSSR count). The number of phenols is 1. The monoisotopic (exact) mass is 1040 g/mol. The molecule has 21 heteroatoms. The molecule has 0 radical (unpaired) electrons. The van der Waals surface area contributed by atoms with Gasteiger partial charge in [0.15, 0.2) is 24.8 Å². The van der Waals surface area contributed by atoms with Crippen LogP contribution in [-0.4, -0.2) is 148 Å². The number of carbonyl (C=O) groups excluding carboxylic acids is 3. The molecule has 4 atom stereocenters. The van der Waals surface area contributed by atoms with E-state index in [9.17, 15) is 24.3 Å². The largest absolute Gasteiger partial charge is 0.508 e. The summed E-state index contributed by atoms with van der Waals surface area (Å²) in [6.45, 7) is 6.08. The highest BCUT2D eigenvalue weighted by molar-refractivity contribution is 6.33. The summed E-state index contributed by atoms with van der Waals surface area (Å²) in [5.74, 6) is 2.60. The molecular formula is C53H70ClN9O11. The number of nitrogens with one attached hydrogen (secondary N) is 3. The molecule has 2 aromatic carbocycles. The molecule has 3 fully saturated rings. The number of oxime groups is 1. The number of rotatable bonds is 23. The van der Waals surface area contributed by atoms with Gasteiger partial charge in [-0.15, -0.1) is 0 Å². The predicted molar refractivity (Wildman–Crippen MR) is 280 cm³/mol. The van der Waals surface area contributed by atoms with E-state index in [1.807, 2.05) is 17.0 Å². The van der Waals surface area contributed by atoms with E-state index >= 15 is 0 Å². The van der Waals surface area contributed by atoms with E-state index in [0.29, 0.717) is 141 Å². The Kier molecular flexibility index (Phi) is 18.2. The van der Waals surface area contributed by atoms with Crippen molar-refractivity contribution in [1.29, 1.82) is 0 Å². The second-order valence-electron chi connectivity index (χ2n) is 19.8. The molecule has 2 aromatic heterocycles. The maximum atomic E-state index is 13.4. The minimum absolute atomic E-state index is 0.00859. The number of phenolic OH excluding ortho intramolecular Hbond substituents is 1. The Morgan fingerprint density at radius 1 is 0.932 bits per heavy atom. The fourth-order valence-electron chi connectivity index (χ4n) is 11.3. The number of aromatic hydroxyl groups is 1. The lowest BCUT2D eigenvalue weighted by atomic mass is 9.55. The molecule has 74 heavy (non-hydrogen) atoms. The first-order valence-electron chi connectivity index (χ1n) is 25.6. The molecule has 400 valence electrons. The van der Waals surface area contributed by atoms with Crippen LogP contribution in [0.4, 0.5) is 17.5 Å². The van der Waals surface area contributed by atoms with Crippen LogP contribution in [0.15, 0.2) is 52.5 Å². The highest BCUT2D eigenvalue weighted by atomic mass is 35.5. The van der Waals surface area contributed by atoms with Crippen molar-refractivity contribution in [3.8, 4) is 17.2 Å².